The number of halogens is 3. The SMILES string of the molecule is O=C(c1ccccc1)c1ccc2nc(C(F)(F)F)c(=O)[nH]c2c1. The van der Waals surface area contributed by atoms with Crippen molar-refractivity contribution in [3.05, 3.63) is 75.7 Å². The lowest BCUT2D eigenvalue weighted by molar-refractivity contribution is -0.142. The molecule has 0 amide bonds. The molecule has 0 aliphatic rings. The van der Waals surface area contributed by atoms with E-state index in [4.69, 9.17) is 0 Å². The number of aromatic amines is 1. The molecule has 3 rings (SSSR count). The van der Waals surface area contributed by atoms with Crippen LogP contribution in [0, 0.1) is 0 Å². The van der Waals surface area contributed by atoms with Crippen LogP contribution >= 0.6 is 0 Å². The third kappa shape index (κ3) is 2.85. The van der Waals surface area contributed by atoms with Crippen LogP contribution in [0.25, 0.3) is 11.0 Å². The third-order valence-corrected chi connectivity index (χ3v) is 3.26. The average Bonchev–Trinajstić information content (AvgIpc) is 2.52. The molecule has 116 valence electrons. The number of nitrogens with one attached hydrogen (secondary N) is 1. The summed E-state index contributed by atoms with van der Waals surface area (Å²) >= 11 is 0. The number of hydrogen-bond acceptors (Lipinski definition) is 3. The van der Waals surface area contributed by atoms with Crippen molar-refractivity contribution in [1.82, 2.24) is 9.97 Å². The third-order valence-electron chi connectivity index (χ3n) is 3.26. The number of alkyl halides is 3. The molecule has 0 aliphatic carbocycles. The van der Waals surface area contributed by atoms with Gasteiger partial charge in [0.2, 0.25) is 5.69 Å². The molecular formula is C16H9F3N2O2. The van der Waals surface area contributed by atoms with Gasteiger partial charge in [-0.15, -0.1) is 0 Å². The summed E-state index contributed by atoms with van der Waals surface area (Å²) in [7, 11) is 0. The molecule has 0 spiro atoms. The van der Waals surface area contributed by atoms with Gasteiger partial charge < -0.3 is 4.98 Å². The van der Waals surface area contributed by atoms with Gasteiger partial charge in [0.1, 0.15) is 0 Å². The number of H-pyrrole nitrogens is 1. The van der Waals surface area contributed by atoms with Crippen molar-refractivity contribution in [2.24, 2.45) is 0 Å². The number of nitrogens with zero attached hydrogens (tertiary/aromatic N) is 1. The van der Waals surface area contributed by atoms with Crippen molar-refractivity contribution in [3.63, 3.8) is 0 Å². The number of fused-ring (bicyclic) bond motifs is 1. The second-order valence-corrected chi connectivity index (χ2v) is 4.84. The second-order valence-electron chi connectivity index (χ2n) is 4.84. The molecule has 0 atom stereocenters. The fraction of sp³-hybridized carbons (Fsp3) is 0.0625. The van der Waals surface area contributed by atoms with Crippen molar-refractivity contribution in [1.29, 1.82) is 0 Å². The highest BCUT2D eigenvalue weighted by molar-refractivity contribution is 6.10. The molecule has 4 nitrogen and oxygen atoms in total. The van der Waals surface area contributed by atoms with Gasteiger partial charge in [0, 0.05) is 11.1 Å². The fourth-order valence-electron chi connectivity index (χ4n) is 2.18. The summed E-state index contributed by atoms with van der Waals surface area (Å²) in [4.78, 5) is 29.3. The first-order valence-electron chi connectivity index (χ1n) is 6.57. The molecule has 0 bridgehead atoms. The van der Waals surface area contributed by atoms with E-state index >= 15 is 0 Å². The van der Waals surface area contributed by atoms with Crippen LogP contribution in [0.3, 0.4) is 0 Å². The van der Waals surface area contributed by atoms with E-state index in [9.17, 15) is 22.8 Å². The molecule has 0 radical (unpaired) electrons. The predicted molar refractivity (Wildman–Crippen MR) is 77.2 cm³/mol. The van der Waals surface area contributed by atoms with Crippen LogP contribution in [0.2, 0.25) is 0 Å². The molecule has 1 aromatic heterocycles. The number of carbonyl (C=O) groups is 1. The van der Waals surface area contributed by atoms with E-state index in [1.54, 1.807) is 30.3 Å². The van der Waals surface area contributed by atoms with Crippen LogP contribution in [-0.4, -0.2) is 15.8 Å². The Kier molecular flexibility index (Phi) is 3.48. The minimum Gasteiger partial charge on any atom is -0.319 e. The van der Waals surface area contributed by atoms with Crippen molar-refractivity contribution < 1.29 is 18.0 Å². The van der Waals surface area contributed by atoms with Crippen LogP contribution in [-0.2, 0) is 6.18 Å². The van der Waals surface area contributed by atoms with E-state index in [1.807, 2.05) is 0 Å². The predicted octanol–water partition coefficient (Wildman–Crippen LogP) is 3.17. The monoisotopic (exact) mass is 318 g/mol. The second kappa shape index (κ2) is 5.35. The first-order chi connectivity index (χ1) is 10.9. The van der Waals surface area contributed by atoms with Crippen LogP contribution in [0.5, 0.6) is 0 Å². The maximum Gasteiger partial charge on any atom is 0.438 e. The number of carbonyl (C=O) groups excluding carboxylic acids is 1. The van der Waals surface area contributed by atoms with Crippen molar-refractivity contribution in [2.75, 3.05) is 0 Å². The smallest absolute Gasteiger partial charge is 0.319 e. The standard InChI is InChI=1S/C16H9F3N2O2/c17-16(18,19)14-15(23)21-12-8-10(6-7-11(12)20-14)13(22)9-4-2-1-3-5-9/h1-8H,(H,21,23). The maximum atomic E-state index is 12.7. The Balaban J connectivity index is 2.10. The molecule has 0 saturated heterocycles. The van der Waals surface area contributed by atoms with Gasteiger partial charge in [0.15, 0.2) is 5.78 Å². The molecule has 7 heteroatoms. The van der Waals surface area contributed by atoms with Crippen LogP contribution in [0.15, 0.2) is 53.3 Å². The van der Waals surface area contributed by atoms with Gasteiger partial charge >= 0.3 is 6.18 Å². The molecule has 0 fully saturated rings. The number of aromatic nitrogens is 2. The molecule has 3 aromatic rings. The lowest BCUT2D eigenvalue weighted by atomic mass is 10.0. The zero-order valence-corrected chi connectivity index (χ0v) is 11.5. The van der Waals surface area contributed by atoms with Crippen molar-refractivity contribution >= 4 is 16.8 Å². The molecule has 1 heterocycles. The van der Waals surface area contributed by atoms with Crippen molar-refractivity contribution in [3.8, 4) is 0 Å². The molecule has 0 aliphatic heterocycles. The summed E-state index contributed by atoms with van der Waals surface area (Å²) in [5, 5.41) is 0. The zero-order valence-electron chi connectivity index (χ0n) is 11.5. The Morgan fingerprint density at radius 3 is 2.35 bits per heavy atom. The molecular weight excluding hydrogens is 309 g/mol. The van der Waals surface area contributed by atoms with Gasteiger partial charge in [-0.2, -0.15) is 13.2 Å². The maximum absolute atomic E-state index is 12.7. The summed E-state index contributed by atoms with van der Waals surface area (Å²) < 4.78 is 38.0. The number of benzene rings is 2. The lowest BCUT2D eigenvalue weighted by Crippen LogP contribution is -2.23. The normalized spacial score (nSPS) is 11.6. The molecule has 1 N–H and O–H groups in total. The number of ketones is 1. The van der Waals surface area contributed by atoms with Crippen molar-refractivity contribution in [2.45, 2.75) is 6.18 Å². The molecule has 0 unspecified atom stereocenters. The minimum absolute atomic E-state index is 0.0402. The summed E-state index contributed by atoms with van der Waals surface area (Å²) in [5.41, 5.74) is -2.12. The number of hydrogen-bond donors (Lipinski definition) is 1. The van der Waals surface area contributed by atoms with E-state index in [1.165, 1.54) is 18.2 Å². The van der Waals surface area contributed by atoms with E-state index in [-0.39, 0.29) is 22.4 Å². The first kappa shape index (κ1) is 15.0. The van der Waals surface area contributed by atoms with Gasteiger partial charge in [0.05, 0.1) is 11.0 Å². The van der Waals surface area contributed by atoms with Crippen LogP contribution in [0.1, 0.15) is 21.6 Å². The van der Waals surface area contributed by atoms with E-state index in [0.717, 1.165) is 0 Å². The van der Waals surface area contributed by atoms with Gasteiger partial charge in [-0.1, -0.05) is 30.3 Å². The Hall–Kier alpha value is -2.96. The first-order valence-corrected chi connectivity index (χ1v) is 6.57. The molecule has 23 heavy (non-hydrogen) atoms. The topological polar surface area (TPSA) is 62.8 Å². The van der Waals surface area contributed by atoms with Gasteiger partial charge in [0.25, 0.3) is 5.56 Å². The minimum atomic E-state index is -4.83. The Morgan fingerprint density at radius 1 is 1.00 bits per heavy atom. The van der Waals surface area contributed by atoms with E-state index < -0.39 is 17.4 Å². The summed E-state index contributed by atoms with van der Waals surface area (Å²) in [6.07, 6.45) is -4.83. The molecule has 0 saturated carbocycles. The quantitative estimate of drug-likeness (QED) is 0.738. The summed E-state index contributed by atoms with van der Waals surface area (Å²) in [6, 6.07) is 12.4. The average molecular weight is 318 g/mol. The van der Waals surface area contributed by atoms with Gasteiger partial charge in [-0.25, -0.2) is 4.98 Å². The largest absolute Gasteiger partial charge is 0.438 e. The Labute approximate surface area is 127 Å². The Morgan fingerprint density at radius 2 is 1.70 bits per heavy atom. The van der Waals surface area contributed by atoms with Gasteiger partial charge in [-0.3, -0.25) is 9.59 Å². The highest BCUT2D eigenvalue weighted by Crippen LogP contribution is 2.26. The lowest BCUT2D eigenvalue weighted by Gasteiger charge is -2.07. The van der Waals surface area contributed by atoms with Gasteiger partial charge in [-0.05, 0) is 18.2 Å². The highest BCUT2D eigenvalue weighted by Gasteiger charge is 2.36. The summed E-state index contributed by atoms with van der Waals surface area (Å²) in [5.74, 6) is -0.298. The van der Waals surface area contributed by atoms with E-state index in [0.29, 0.717) is 5.56 Å². The fourth-order valence-corrected chi connectivity index (χ4v) is 2.18. The molecule has 2 aromatic carbocycles. The van der Waals surface area contributed by atoms with E-state index in [2.05, 4.69) is 9.97 Å². The van der Waals surface area contributed by atoms with Crippen LogP contribution in [0.4, 0.5) is 13.2 Å². The highest BCUT2D eigenvalue weighted by atomic mass is 19.4. The number of rotatable bonds is 2. The Bertz CT molecular complexity index is 947. The zero-order chi connectivity index (χ0) is 16.6. The summed E-state index contributed by atoms with van der Waals surface area (Å²) in [6.45, 7) is 0. The van der Waals surface area contributed by atoms with Crippen LogP contribution < -0.4 is 5.56 Å².